The number of hydrogen-bond acceptors (Lipinski definition) is 2. The van der Waals surface area contributed by atoms with Crippen LogP contribution in [0, 0.1) is 17.8 Å². The maximum absolute atomic E-state index is 6.11. The molecule has 0 aromatic heterocycles. The first-order valence-corrected chi connectivity index (χ1v) is 6.83. The van der Waals surface area contributed by atoms with Crippen LogP contribution in [-0.4, -0.2) is 30.6 Å². The fourth-order valence-corrected chi connectivity index (χ4v) is 3.44. The van der Waals surface area contributed by atoms with E-state index in [-0.39, 0.29) is 5.54 Å². The largest absolute Gasteiger partial charge is 0.329 e. The van der Waals surface area contributed by atoms with E-state index < -0.39 is 0 Å². The van der Waals surface area contributed by atoms with Gasteiger partial charge in [0, 0.05) is 18.6 Å². The van der Waals surface area contributed by atoms with Crippen LogP contribution in [0.2, 0.25) is 0 Å². The van der Waals surface area contributed by atoms with Crippen molar-refractivity contribution < 1.29 is 0 Å². The predicted molar refractivity (Wildman–Crippen MR) is 71.4 cm³/mol. The van der Waals surface area contributed by atoms with Crippen LogP contribution in [0.1, 0.15) is 47.0 Å². The van der Waals surface area contributed by atoms with Crippen molar-refractivity contribution in [3.63, 3.8) is 0 Å². The topological polar surface area (TPSA) is 29.3 Å². The standard InChI is InChI=1S/C14H30N2/c1-11(2)9-16(5)14(10-15)7-6-12(3)8-13(14)4/h11-13H,6-10,15H2,1-5H3. The van der Waals surface area contributed by atoms with Gasteiger partial charge in [-0.2, -0.15) is 0 Å². The molecule has 0 spiro atoms. The molecule has 0 saturated heterocycles. The molecule has 96 valence electrons. The van der Waals surface area contributed by atoms with Crippen LogP contribution in [0.5, 0.6) is 0 Å². The molecule has 0 aromatic carbocycles. The molecule has 3 unspecified atom stereocenters. The maximum Gasteiger partial charge on any atom is 0.0354 e. The summed E-state index contributed by atoms with van der Waals surface area (Å²) in [7, 11) is 2.26. The van der Waals surface area contributed by atoms with Gasteiger partial charge in [0.1, 0.15) is 0 Å². The lowest BCUT2D eigenvalue weighted by atomic mass is 9.69. The van der Waals surface area contributed by atoms with E-state index in [9.17, 15) is 0 Å². The van der Waals surface area contributed by atoms with Crippen molar-refractivity contribution in [2.45, 2.75) is 52.5 Å². The summed E-state index contributed by atoms with van der Waals surface area (Å²) in [6, 6.07) is 0. The molecule has 1 aliphatic rings. The molecule has 1 aliphatic carbocycles. The van der Waals surface area contributed by atoms with Crippen LogP contribution in [-0.2, 0) is 0 Å². The minimum Gasteiger partial charge on any atom is -0.329 e. The fraction of sp³-hybridized carbons (Fsp3) is 1.00. The van der Waals surface area contributed by atoms with Gasteiger partial charge in [-0.15, -0.1) is 0 Å². The first kappa shape index (κ1) is 14.0. The highest BCUT2D eigenvalue weighted by molar-refractivity contribution is 4.98. The van der Waals surface area contributed by atoms with Crippen LogP contribution in [0.4, 0.5) is 0 Å². The lowest BCUT2D eigenvalue weighted by molar-refractivity contribution is 0.0114. The van der Waals surface area contributed by atoms with Crippen molar-refractivity contribution >= 4 is 0 Å². The van der Waals surface area contributed by atoms with Crippen molar-refractivity contribution in [3.8, 4) is 0 Å². The Kier molecular flexibility index (Phi) is 4.81. The van der Waals surface area contributed by atoms with Crippen LogP contribution in [0.3, 0.4) is 0 Å². The van der Waals surface area contributed by atoms with Gasteiger partial charge in [0.05, 0.1) is 0 Å². The Morgan fingerprint density at radius 3 is 2.44 bits per heavy atom. The van der Waals surface area contributed by atoms with Crippen molar-refractivity contribution in [3.05, 3.63) is 0 Å². The van der Waals surface area contributed by atoms with Crippen LogP contribution < -0.4 is 5.73 Å². The van der Waals surface area contributed by atoms with Gasteiger partial charge in [-0.25, -0.2) is 0 Å². The molecule has 0 heterocycles. The Hall–Kier alpha value is -0.0800. The molecule has 1 rings (SSSR count). The zero-order chi connectivity index (χ0) is 12.3. The number of nitrogens with zero attached hydrogens (tertiary/aromatic N) is 1. The summed E-state index contributed by atoms with van der Waals surface area (Å²) in [6.45, 7) is 11.3. The lowest BCUT2D eigenvalue weighted by Gasteiger charge is -2.50. The van der Waals surface area contributed by atoms with Crippen molar-refractivity contribution in [2.75, 3.05) is 20.1 Å². The smallest absolute Gasteiger partial charge is 0.0354 e. The van der Waals surface area contributed by atoms with Crippen LogP contribution in [0.25, 0.3) is 0 Å². The second-order valence-corrected chi connectivity index (χ2v) is 6.36. The van der Waals surface area contributed by atoms with Crippen molar-refractivity contribution in [1.29, 1.82) is 0 Å². The van der Waals surface area contributed by atoms with Gasteiger partial charge in [-0.1, -0.05) is 27.7 Å². The monoisotopic (exact) mass is 226 g/mol. The molecule has 2 nitrogen and oxygen atoms in total. The first-order chi connectivity index (χ1) is 7.42. The van der Waals surface area contributed by atoms with E-state index in [1.54, 1.807) is 0 Å². The molecule has 3 atom stereocenters. The van der Waals surface area contributed by atoms with E-state index in [1.807, 2.05) is 0 Å². The minimum absolute atomic E-state index is 0.261. The molecule has 2 N–H and O–H groups in total. The number of nitrogens with two attached hydrogens (primary N) is 1. The van der Waals surface area contributed by atoms with Gasteiger partial charge >= 0.3 is 0 Å². The molecule has 0 aliphatic heterocycles. The van der Waals surface area contributed by atoms with E-state index in [4.69, 9.17) is 5.73 Å². The number of likely N-dealkylation sites (N-methyl/N-ethyl adjacent to an activating group) is 1. The van der Waals surface area contributed by atoms with Crippen LogP contribution >= 0.6 is 0 Å². The Bertz CT molecular complexity index is 215. The third kappa shape index (κ3) is 2.78. The second-order valence-electron chi connectivity index (χ2n) is 6.36. The van der Waals surface area contributed by atoms with Gasteiger partial charge in [-0.3, -0.25) is 4.90 Å². The van der Waals surface area contributed by atoms with E-state index in [0.29, 0.717) is 0 Å². The van der Waals surface area contributed by atoms with Crippen molar-refractivity contribution in [2.24, 2.45) is 23.5 Å². The van der Waals surface area contributed by atoms with E-state index in [2.05, 4.69) is 39.6 Å². The Labute approximate surface area is 102 Å². The van der Waals surface area contributed by atoms with Crippen LogP contribution in [0.15, 0.2) is 0 Å². The molecular weight excluding hydrogens is 196 g/mol. The molecular formula is C14H30N2. The van der Waals surface area contributed by atoms with Gasteiger partial charge in [0.2, 0.25) is 0 Å². The molecule has 1 saturated carbocycles. The third-order valence-corrected chi connectivity index (χ3v) is 4.50. The summed E-state index contributed by atoms with van der Waals surface area (Å²) in [5.41, 5.74) is 6.37. The molecule has 0 radical (unpaired) electrons. The van der Waals surface area contributed by atoms with E-state index >= 15 is 0 Å². The van der Waals surface area contributed by atoms with Gasteiger partial charge < -0.3 is 5.73 Å². The quantitative estimate of drug-likeness (QED) is 0.798. The van der Waals surface area contributed by atoms with E-state index in [0.717, 1.165) is 30.8 Å². The second kappa shape index (κ2) is 5.50. The zero-order valence-corrected chi connectivity index (χ0v) is 11.8. The molecule has 0 bridgehead atoms. The normalized spacial score (nSPS) is 36.0. The number of hydrogen-bond donors (Lipinski definition) is 1. The first-order valence-electron chi connectivity index (χ1n) is 6.83. The highest BCUT2D eigenvalue weighted by atomic mass is 15.2. The summed E-state index contributed by atoms with van der Waals surface area (Å²) < 4.78 is 0. The summed E-state index contributed by atoms with van der Waals surface area (Å²) in [4.78, 5) is 2.54. The lowest BCUT2D eigenvalue weighted by Crippen LogP contribution is -2.59. The number of rotatable bonds is 4. The van der Waals surface area contributed by atoms with Gasteiger partial charge in [0.25, 0.3) is 0 Å². The summed E-state index contributed by atoms with van der Waals surface area (Å²) in [6.07, 6.45) is 3.94. The average Bonchev–Trinajstić information content (AvgIpc) is 2.17. The zero-order valence-electron chi connectivity index (χ0n) is 11.8. The van der Waals surface area contributed by atoms with Gasteiger partial charge in [-0.05, 0) is 44.1 Å². The summed E-state index contributed by atoms with van der Waals surface area (Å²) in [5, 5.41) is 0. The highest BCUT2D eigenvalue weighted by Crippen LogP contribution is 2.39. The molecule has 0 amide bonds. The van der Waals surface area contributed by atoms with E-state index in [1.165, 1.54) is 19.3 Å². The fourth-order valence-electron chi connectivity index (χ4n) is 3.44. The van der Waals surface area contributed by atoms with Crippen molar-refractivity contribution in [1.82, 2.24) is 4.90 Å². The Morgan fingerprint density at radius 1 is 1.38 bits per heavy atom. The maximum atomic E-state index is 6.11. The van der Waals surface area contributed by atoms with Gasteiger partial charge in [0.15, 0.2) is 0 Å². The molecule has 2 heteroatoms. The minimum atomic E-state index is 0.261. The SMILES string of the molecule is CC(C)CN(C)C1(CN)CCC(C)CC1C. The predicted octanol–water partition coefficient (Wildman–Crippen LogP) is 2.73. The average molecular weight is 226 g/mol. The molecule has 1 fully saturated rings. The summed E-state index contributed by atoms with van der Waals surface area (Å²) in [5.74, 6) is 2.33. The Morgan fingerprint density at radius 2 is 2.00 bits per heavy atom. The molecule has 0 aromatic rings. The summed E-state index contributed by atoms with van der Waals surface area (Å²) >= 11 is 0. The Balaban J connectivity index is 2.75. The molecule has 16 heavy (non-hydrogen) atoms. The third-order valence-electron chi connectivity index (χ3n) is 4.50. The highest BCUT2D eigenvalue weighted by Gasteiger charge is 2.42.